The first kappa shape index (κ1) is 8.78. The topological polar surface area (TPSA) is 21.6 Å². The molecule has 64 valence electrons. The number of benzene rings is 1. The van der Waals surface area contributed by atoms with E-state index in [0.29, 0.717) is 0 Å². The van der Waals surface area contributed by atoms with Crippen molar-refractivity contribution in [3.05, 3.63) is 23.3 Å². The molecule has 0 radical (unpaired) electrons. The summed E-state index contributed by atoms with van der Waals surface area (Å²) >= 11 is 0. The van der Waals surface area contributed by atoms with Gasteiger partial charge in [-0.15, -0.1) is 0 Å². The van der Waals surface area contributed by atoms with E-state index < -0.39 is 0 Å². The maximum atomic E-state index is 5.16. The van der Waals surface area contributed by atoms with Crippen LogP contribution in [0.2, 0.25) is 0 Å². The van der Waals surface area contributed by atoms with Gasteiger partial charge in [-0.05, 0) is 37.8 Å². The number of methoxy groups -OCH3 is 1. The summed E-state index contributed by atoms with van der Waals surface area (Å²) in [5, 5.41) is 0. The van der Waals surface area contributed by atoms with Gasteiger partial charge in [0.05, 0.1) is 7.11 Å². The van der Waals surface area contributed by atoms with E-state index >= 15 is 0 Å². The molecule has 0 aliphatic heterocycles. The first-order chi connectivity index (χ1) is 5.69. The monoisotopic (exact) mass is 163 g/mol. The number of ether oxygens (including phenoxy) is 1. The maximum absolute atomic E-state index is 5.16. The SMILES string of the molecule is C=Nc1c(C)cc(C)cc1OC. The molecule has 0 bridgehead atoms. The van der Waals surface area contributed by atoms with Crippen molar-refractivity contribution in [1.29, 1.82) is 0 Å². The van der Waals surface area contributed by atoms with Crippen molar-refractivity contribution in [1.82, 2.24) is 0 Å². The highest BCUT2D eigenvalue weighted by Crippen LogP contribution is 2.31. The van der Waals surface area contributed by atoms with Gasteiger partial charge in [0, 0.05) is 0 Å². The number of hydrogen-bond acceptors (Lipinski definition) is 2. The molecule has 0 atom stereocenters. The van der Waals surface area contributed by atoms with Crippen molar-refractivity contribution in [2.75, 3.05) is 7.11 Å². The molecule has 0 amide bonds. The smallest absolute Gasteiger partial charge is 0.144 e. The van der Waals surface area contributed by atoms with Crippen molar-refractivity contribution < 1.29 is 4.74 Å². The second-order valence-electron chi connectivity index (χ2n) is 2.79. The Kier molecular flexibility index (Phi) is 2.48. The van der Waals surface area contributed by atoms with Gasteiger partial charge in [0.2, 0.25) is 0 Å². The van der Waals surface area contributed by atoms with Gasteiger partial charge in [-0.1, -0.05) is 6.07 Å². The van der Waals surface area contributed by atoms with Crippen molar-refractivity contribution in [3.63, 3.8) is 0 Å². The van der Waals surface area contributed by atoms with Gasteiger partial charge in [-0.25, -0.2) is 0 Å². The van der Waals surface area contributed by atoms with Crippen LogP contribution >= 0.6 is 0 Å². The van der Waals surface area contributed by atoms with E-state index in [4.69, 9.17) is 4.74 Å². The van der Waals surface area contributed by atoms with Gasteiger partial charge in [-0.3, -0.25) is 4.99 Å². The van der Waals surface area contributed by atoms with E-state index in [1.54, 1.807) is 7.11 Å². The Labute approximate surface area is 72.9 Å². The van der Waals surface area contributed by atoms with Crippen LogP contribution in [0.15, 0.2) is 17.1 Å². The minimum atomic E-state index is 0.794. The summed E-state index contributed by atoms with van der Waals surface area (Å²) in [4.78, 5) is 3.91. The fourth-order valence-corrected chi connectivity index (χ4v) is 1.28. The molecule has 2 nitrogen and oxygen atoms in total. The molecule has 1 aromatic rings. The van der Waals surface area contributed by atoms with Crippen molar-refractivity contribution in [2.24, 2.45) is 4.99 Å². The number of hydrogen-bond donors (Lipinski definition) is 0. The van der Waals surface area contributed by atoms with Crippen LogP contribution in [0.5, 0.6) is 5.75 Å². The Balaban J connectivity index is 3.33. The third-order valence-corrected chi connectivity index (χ3v) is 1.79. The zero-order valence-corrected chi connectivity index (χ0v) is 7.72. The standard InChI is InChI=1S/C10H13NO/c1-7-5-8(2)10(11-3)9(6-7)12-4/h5-6H,3H2,1-2,4H3. The predicted octanol–water partition coefficient (Wildman–Crippen LogP) is 2.64. The lowest BCUT2D eigenvalue weighted by molar-refractivity contribution is 0.415. The number of nitrogens with zero attached hydrogens (tertiary/aromatic N) is 1. The molecule has 0 aliphatic carbocycles. The first-order valence-electron chi connectivity index (χ1n) is 3.81. The third kappa shape index (κ3) is 1.47. The highest BCUT2D eigenvalue weighted by Gasteiger charge is 2.04. The fraction of sp³-hybridized carbons (Fsp3) is 0.300. The van der Waals surface area contributed by atoms with Crippen molar-refractivity contribution >= 4 is 12.4 Å². The summed E-state index contributed by atoms with van der Waals surface area (Å²) in [6.07, 6.45) is 0. The predicted molar refractivity (Wildman–Crippen MR) is 51.7 cm³/mol. The van der Waals surface area contributed by atoms with Gasteiger partial charge in [0.25, 0.3) is 0 Å². The molecule has 0 heterocycles. The Morgan fingerprint density at radius 3 is 2.50 bits per heavy atom. The largest absolute Gasteiger partial charge is 0.494 e. The maximum Gasteiger partial charge on any atom is 0.144 e. The summed E-state index contributed by atoms with van der Waals surface area (Å²) < 4.78 is 5.16. The van der Waals surface area contributed by atoms with Crippen molar-refractivity contribution in [2.45, 2.75) is 13.8 Å². The summed E-state index contributed by atoms with van der Waals surface area (Å²) in [5.74, 6) is 0.794. The summed E-state index contributed by atoms with van der Waals surface area (Å²) in [5.41, 5.74) is 3.11. The Hall–Kier alpha value is -1.31. The lowest BCUT2D eigenvalue weighted by atomic mass is 10.1. The number of aliphatic imine (C=N–C) groups is 1. The van der Waals surface area contributed by atoms with Gasteiger partial charge in [0.1, 0.15) is 11.4 Å². The molecule has 0 aromatic heterocycles. The van der Waals surface area contributed by atoms with E-state index in [1.165, 1.54) is 5.56 Å². The van der Waals surface area contributed by atoms with E-state index in [-0.39, 0.29) is 0 Å². The van der Waals surface area contributed by atoms with E-state index in [2.05, 4.69) is 17.8 Å². The molecule has 0 spiro atoms. The molecule has 0 N–H and O–H groups in total. The van der Waals surface area contributed by atoms with Gasteiger partial charge >= 0.3 is 0 Å². The lowest BCUT2D eigenvalue weighted by Crippen LogP contribution is -1.87. The normalized spacial score (nSPS) is 9.58. The highest BCUT2D eigenvalue weighted by molar-refractivity contribution is 5.62. The molecule has 2 heteroatoms. The van der Waals surface area contributed by atoms with Gasteiger partial charge in [0.15, 0.2) is 0 Å². The highest BCUT2D eigenvalue weighted by atomic mass is 16.5. The van der Waals surface area contributed by atoms with Crippen LogP contribution in [0.1, 0.15) is 11.1 Å². The number of rotatable bonds is 2. The van der Waals surface area contributed by atoms with Gasteiger partial charge < -0.3 is 4.74 Å². The van der Waals surface area contributed by atoms with Crippen LogP contribution in [-0.4, -0.2) is 13.8 Å². The van der Waals surface area contributed by atoms with Crippen LogP contribution in [0, 0.1) is 13.8 Å². The van der Waals surface area contributed by atoms with Gasteiger partial charge in [-0.2, -0.15) is 0 Å². The van der Waals surface area contributed by atoms with Crippen LogP contribution in [0.25, 0.3) is 0 Å². The summed E-state index contributed by atoms with van der Waals surface area (Å²) in [7, 11) is 1.64. The van der Waals surface area contributed by atoms with Crippen LogP contribution in [0.3, 0.4) is 0 Å². The van der Waals surface area contributed by atoms with E-state index in [1.807, 2.05) is 19.9 Å². The molecule has 12 heavy (non-hydrogen) atoms. The minimum Gasteiger partial charge on any atom is -0.494 e. The summed E-state index contributed by atoms with van der Waals surface area (Å²) in [6, 6.07) is 4.02. The van der Waals surface area contributed by atoms with Crippen LogP contribution in [0.4, 0.5) is 5.69 Å². The van der Waals surface area contributed by atoms with Crippen molar-refractivity contribution in [3.8, 4) is 5.75 Å². The fourth-order valence-electron chi connectivity index (χ4n) is 1.28. The average molecular weight is 163 g/mol. The summed E-state index contributed by atoms with van der Waals surface area (Å²) in [6.45, 7) is 7.53. The molecule has 1 rings (SSSR count). The average Bonchev–Trinajstić information content (AvgIpc) is 2.03. The molecule has 0 unspecified atom stereocenters. The first-order valence-corrected chi connectivity index (χ1v) is 3.81. The molecular weight excluding hydrogens is 150 g/mol. The molecular formula is C10H13NO. The van der Waals surface area contributed by atoms with E-state index in [9.17, 15) is 0 Å². The van der Waals surface area contributed by atoms with Crippen LogP contribution < -0.4 is 4.74 Å². The Bertz CT molecular complexity index is 305. The molecule has 0 saturated carbocycles. The van der Waals surface area contributed by atoms with Crippen LogP contribution in [-0.2, 0) is 0 Å². The minimum absolute atomic E-state index is 0.794. The second-order valence-corrected chi connectivity index (χ2v) is 2.79. The quantitative estimate of drug-likeness (QED) is 0.614. The molecule has 0 fully saturated rings. The zero-order chi connectivity index (χ0) is 9.14. The van der Waals surface area contributed by atoms with E-state index in [0.717, 1.165) is 17.0 Å². The second kappa shape index (κ2) is 3.39. The lowest BCUT2D eigenvalue weighted by Gasteiger charge is -2.07. The molecule has 0 aliphatic rings. The molecule has 1 aromatic carbocycles. The Morgan fingerprint density at radius 1 is 1.33 bits per heavy atom. The zero-order valence-electron chi connectivity index (χ0n) is 7.72. The number of aryl methyl sites for hydroxylation is 2. The Morgan fingerprint density at radius 2 is 2.00 bits per heavy atom. The molecule has 0 saturated heterocycles. The third-order valence-electron chi connectivity index (χ3n) is 1.79.